The highest BCUT2D eigenvalue weighted by atomic mass is 32.2. The molecule has 6 aromatic heterocycles. The SMILES string of the molecule is CCCCCCCCc1cc2c(/C=C3\SC(=S)N(CC)C3=O)sc(-c3cc4c(CC(CC)CCCC)c5sc(-c6sc(/C=C7\SC(=S)N(CC)C7=O)c7cc(CCCCCCCC)sc67)cc5c(CC(CC)CCCC)c4s3)c2s1. The maximum Gasteiger partial charge on any atom is 0.266 e. The van der Waals surface area contributed by atoms with Crippen LogP contribution < -0.4 is 0 Å². The van der Waals surface area contributed by atoms with E-state index in [1.807, 2.05) is 81.9 Å². The molecule has 2 atom stereocenters. The molecule has 14 heteroatoms. The summed E-state index contributed by atoms with van der Waals surface area (Å²) in [5, 5.41) is 5.51. The average molecular weight is 1260 g/mol. The van der Waals surface area contributed by atoms with Gasteiger partial charge in [-0.15, -0.1) is 68.0 Å². The van der Waals surface area contributed by atoms with Gasteiger partial charge in [-0.2, -0.15) is 0 Å². The van der Waals surface area contributed by atoms with E-state index in [0.29, 0.717) is 33.6 Å². The fraction of sp³-hybridized carbons (Fsp3) is 0.545. The lowest BCUT2D eigenvalue weighted by molar-refractivity contribution is -0.122. The molecule has 0 saturated carbocycles. The molecular formula is C66H84N2O2S10. The number of thioether (sulfide) groups is 2. The van der Waals surface area contributed by atoms with Gasteiger partial charge in [0, 0.05) is 62.5 Å². The van der Waals surface area contributed by atoms with Crippen molar-refractivity contribution in [1.29, 1.82) is 0 Å². The zero-order valence-corrected chi connectivity index (χ0v) is 57.0. The van der Waals surface area contributed by atoms with Crippen molar-refractivity contribution < 1.29 is 9.59 Å². The quantitative estimate of drug-likeness (QED) is 0.0238. The first kappa shape index (κ1) is 62.3. The monoisotopic (exact) mass is 1260 g/mol. The summed E-state index contributed by atoms with van der Waals surface area (Å²) in [6, 6.07) is 10.2. The van der Waals surface area contributed by atoms with Crippen molar-refractivity contribution in [3.63, 3.8) is 0 Å². The number of amides is 2. The molecule has 9 rings (SSSR count). The van der Waals surface area contributed by atoms with Gasteiger partial charge in [-0.05, 0) is 123 Å². The van der Waals surface area contributed by atoms with Gasteiger partial charge in [0.2, 0.25) is 0 Å². The minimum atomic E-state index is 0.0333. The Bertz CT molecular complexity index is 3090. The van der Waals surface area contributed by atoms with E-state index in [2.05, 4.69) is 78.0 Å². The van der Waals surface area contributed by atoms with Gasteiger partial charge in [0.25, 0.3) is 11.8 Å². The molecule has 0 N–H and O–H groups in total. The maximum atomic E-state index is 13.8. The summed E-state index contributed by atoms with van der Waals surface area (Å²) < 4.78 is 7.02. The summed E-state index contributed by atoms with van der Waals surface area (Å²) in [4.78, 5) is 43.2. The minimum absolute atomic E-state index is 0.0333. The lowest BCUT2D eigenvalue weighted by Gasteiger charge is -2.20. The summed E-state index contributed by atoms with van der Waals surface area (Å²) >= 11 is 26.2. The minimum Gasteiger partial charge on any atom is -0.293 e. The van der Waals surface area contributed by atoms with Crippen LogP contribution in [-0.2, 0) is 35.3 Å². The molecule has 2 fully saturated rings. The number of rotatable bonds is 32. The maximum absolute atomic E-state index is 13.8. The largest absolute Gasteiger partial charge is 0.293 e. The molecule has 0 radical (unpaired) electrons. The number of likely N-dealkylation sites (N-methyl/N-ethyl adjacent to an activating group) is 2. The van der Waals surface area contributed by atoms with Crippen molar-refractivity contribution in [3.8, 4) is 19.5 Å². The van der Waals surface area contributed by atoms with E-state index in [4.69, 9.17) is 24.4 Å². The molecule has 2 aliphatic rings. The molecule has 2 amide bonds. The first-order valence-electron chi connectivity index (χ1n) is 30.6. The Morgan fingerprint density at radius 2 is 0.838 bits per heavy atom. The van der Waals surface area contributed by atoms with Crippen molar-refractivity contribution in [1.82, 2.24) is 9.80 Å². The Labute approximate surface area is 522 Å². The van der Waals surface area contributed by atoms with Crippen LogP contribution in [0.3, 0.4) is 0 Å². The van der Waals surface area contributed by atoms with Crippen molar-refractivity contribution in [2.24, 2.45) is 11.8 Å². The number of carbonyl (C=O) groups excluding carboxylic acids is 2. The van der Waals surface area contributed by atoms with Crippen LogP contribution in [-0.4, -0.2) is 43.3 Å². The zero-order valence-electron chi connectivity index (χ0n) is 48.8. The summed E-state index contributed by atoms with van der Waals surface area (Å²) in [7, 11) is 0. The zero-order chi connectivity index (χ0) is 56.5. The Kier molecular flexibility index (Phi) is 23.1. The van der Waals surface area contributed by atoms with Crippen LogP contribution in [0, 0.1) is 11.8 Å². The third-order valence-corrected chi connectivity index (χ3v) is 27.1. The fourth-order valence-corrected chi connectivity index (χ4v) is 22.7. The van der Waals surface area contributed by atoms with Gasteiger partial charge < -0.3 is 0 Å². The molecule has 0 bridgehead atoms. The van der Waals surface area contributed by atoms with Crippen LogP contribution in [0.4, 0.5) is 0 Å². The molecule has 0 aliphatic carbocycles. The van der Waals surface area contributed by atoms with Gasteiger partial charge in [0.15, 0.2) is 0 Å². The number of benzene rings is 1. The van der Waals surface area contributed by atoms with Crippen LogP contribution in [0.1, 0.15) is 214 Å². The lowest BCUT2D eigenvalue weighted by atomic mass is 9.86. The highest BCUT2D eigenvalue weighted by Crippen LogP contribution is 2.55. The highest BCUT2D eigenvalue weighted by molar-refractivity contribution is 8.27. The number of nitrogens with zero attached hydrogens (tertiary/aromatic N) is 2. The molecule has 0 spiro atoms. The van der Waals surface area contributed by atoms with Crippen LogP contribution in [0.25, 0.3) is 72.0 Å². The second kappa shape index (κ2) is 29.7. The van der Waals surface area contributed by atoms with Gasteiger partial charge in [-0.3, -0.25) is 19.4 Å². The average Bonchev–Trinajstić information content (AvgIpc) is 4.51. The van der Waals surface area contributed by atoms with Gasteiger partial charge in [0.05, 0.1) is 29.0 Å². The first-order valence-corrected chi connectivity index (χ1v) is 37.9. The number of aryl methyl sites for hydroxylation is 2. The third-order valence-electron chi connectivity index (χ3n) is 16.6. The molecule has 7 aromatic rings. The number of thiocarbonyl (C=S) groups is 2. The summed E-state index contributed by atoms with van der Waals surface area (Å²) in [6.07, 6.45) is 33.9. The standard InChI is InChI=1S/C66H84N2O2S10/c1-9-17-21-23-25-27-31-43-35-49-51(39-55-63(69)67(15-7)65(71)79-55)75-61(59(49)73-43)53-37-47-45(33-41(13-5)29-19-11-3)58-48(46(57(47)77-53)34-42(14-6)30-20-12-4)38-54(78-58)62-60-50(36-44(74-60)32-28-26-24-22-18-10-2)52(76-62)40-56-64(70)68(16-8)66(72)80-56/h35-42H,9-34H2,1-8H3/b55-39-,56-40-. The normalized spacial score (nSPS) is 16.2. The smallest absolute Gasteiger partial charge is 0.266 e. The van der Waals surface area contributed by atoms with Crippen molar-refractivity contribution in [3.05, 3.63) is 64.7 Å². The summed E-state index contributed by atoms with van der Waals surface area (Å²) in [5.41, 5.74) is 3.08. The van der Waals surface area contributed by atoms with E-state index in [0.717, 1.165) is 35.5 Å². The fourth-order valence-electron chi connectivity index (χ4n) is 11.8. The number of carbonyl (C=O) groups is 2. The Hall–Kier alpha value is -2.24. The molecule has 430 valence electrons. The molecule has 1 aromatic carbocycles. The predicted octanol–water partition coefficient (Wildman–Crippen LogP) is 23.8. The summed E-state index contributed by atoms with van der Waals surface area (Å²) in [5.74, 6) is 1.26. The van der Waals surface area contributed by atoms with E-state index < -0.39 is 0 Å². The topological polar surface area (TPSA) is 40.6 Å². The molecular weight excluding hydrogens is 1170 g/mol. The number of fused-ring (bicyclic) bond motifs is 4. The molecule has 2 aliphatic heterocycles. The Morgan fingerprint density at radius 3 is 1.20 bits per heavy atom. The van der Waals surface area contributed by atoms with Crippen LogP contribution in [0.15, 0.2) is 34.1 Å². The lowest BCUT2D eigenvalue weighted by Crippen LogP contribution is -2.27. The number of hydrogen-bond donors (Lipinski definition) is 0. The highest BCUT2D eigenvalue weighted by Gasteiger charge is 2.34. The Balaban J connectivity index is 1.23. The number of hydrogen-bond acceptors (Lipinski definition) is 12. The molecule has 2 unspecified atom stereocenters. The van der Waals surface area contributed by atoms with E-state index in [9.17, 15) is 9.59 Å². The van der Waals surface area contributed by atoms with Crippen LogP contribution in [0.2, 0.25) is 0 Å². The first-order chi connectivity index (χ1) is 39.0. The third kappa shape index (κ3) is 14.0. The number of unbranched alkanes of at least 4 members (excludes halogenated alkanes) is 12. The van der Waals surface area contributed by atoms with Crippen LogP contribution in [0.5, 0.6) is 0 Å². The van der Waals surface area contributed by atoms with Gasteiger partial charge in [0.1, 0.15) is 8.64 Å². The van der Waals surface area contributed by atoms with Crippen molar-refractivity contribution in [2.75, 3.05) is 13.1 Å². The van der Waals surface area contributed by atoms with Crippen LogP contribution >= 0.6 is 116 Å². The van der Waals surface area contributed by atoms with Gasteiger partial charge in [-0.25, -0.2) is 0 Å². The molecule has 4 nitrogen and oxygen atoms in total. The Morgan fingerprint density at radius 1 is 0.450 bits per heavy atom. The second-order valence-electron chi connectivity index (χ2n) is 22.3. The number of thiophene rings is 6. The molecule has 8 heterocycles. The van der Waals surface area contributed by atoms with E-state index in [-0.39, 0.29) is 11.8 Å². The van der Waals surface area contributed by atoms with Gasteiger partial charge in [-0.1, -0.05) is 205 Å². The molecule has 2 saturated heterocycles. The summed E-state index contributed by atoms with van der Waals surface area (Å²) in [6.45, 7) is 19.3. The van der Waals surface area contributed by atoms with Gasteiger partial charge >= 0.3 is 0 Å². The van der Waals surface area contributed by atoms with E-state index in [1.165, 1.54) is 231 Å². The predicted molar refractivity (Wildman–Crippen MR) is 374 cm³/mol. The van der Waals surface area contributed by atoms with Crippen molar-refractivity contribution >= 4 is 189 Å². The second-order valence-corrected chi connectivity index (χ2v) is 32.1. The van der Waals surface area contributed by atoms with Crippen molar-refractivity contribution in [2.45, 2.75) is 209 Å². The van der Waals surface area contributed by atoms with E-state index >= 15 is 0 Å². The molecule has 80 heavy (non-hydrogen) atoms. The van der Waals surface area contributed by atoms with E-state index in [1.54, 1.807) is 20.9 Å².